The lowest BCUT2D eigenvalue weighted by Crippen LogP contribution is -2.16. The lowest BCUT2D eigenvalue weighted by atomic mass is 10.4. The van der Waals surface area contributed by atoms with Crippen molar-refractivity contribution in [2.75, 3.05) is 11.1 Å². The third-order valence-corrected chi connectivity index (χ3v) is 3.20. The monoisotopic (exact) mass is 262 g/mol. The summed E-state index contributed by atoms with van der Waals surface area (Å²) in [4.78, 5) is 15.9. The highest BCUT2D eigenvalue weighted by atomic mass is 32.2. The Kier molecular flexibility index (Phi) is 3.99. The van der Waals surface area contributed by atoms with Crippen molar-refractivity contribution >= 4 is 23.5 Å². The standard InChI is InChI=1S/C12H14N4OS/c1-9-7-10(16(2)15-9)14-11(17)8-18-12-5-3-4-6-13-12/h3-7H,8H2,1-2H3,(H,14,17). The van der Waals surface area contributed by atoms with Crippen LogP contribution in [-0.4, -0.2) is 26.4 Å². The zero-order valence-electron chi connectivity index (χ0n) is 10.3. The number of hydrogen-bond acceptors (Lipinski definition) is 4. The van der Waals surface area contributed by atoms with Crippen molar-refractivity contribution in [3.8, 4) is 0 Å². The number of thioether (sulfide) groups is 1. The molecule has 0 aliphatic rings. The highest BCUT2D eigenvalue weighted by molar-refractivity contribution is 7.99. The molecule has 1 N–H and O–H groups in total. The minimum absolute atomic E-state index is 0.0614. The quantitative estimate of drug-likeness (QED) is 0.854. The second-order valence-electron chi connectivity index (χ2n) is 3.80. The molecule has 0 spiro atoms. The predicted molar refractivity (Wildman–Crippen MR) is 71.5 cm³/mol. The number of pyridine rings is 1. The Balaban J connectivity index is 1.88. The molecule has 18 heavy (non-hydrogen) atoms. The molecule has 2 heterocycles. The van der Waals surface area contributed by atoms with Crippen molar-refractivity contribution in [3.05, 3.63) is 36.2 Å². The molecule has 2 aromatic rings. The third-order valence-electron chi connectivity index (χ3n) is 2.26. The molecule has 0 aliphatic carbocycles. The summed E-state index contributed by atoms with van der Waals surface area (Å²) in [6, 6.07) is 7.47. The van der Waals surface area contributed by atoms with Crippen LogP contribution in [-0.2, 0) is 11.8 Å². The third kappa shape index (κ3) is 3.33. The first-order valence-corrected chi connectivity index (χ1v) is 6.48. The van der Waals surface area contributed by atoms with Crippen molar-refractivity contribution < 1.29 is 4.79 Å². The Morgan fingerprint density at radius 3 is 2.94 bits per heavy atom. The van der Waals surface area contributed by atoms with Gasteiger partial charge in [-0.3, -0.25) is 9.48 Å². The van der Waals surface area contributed by atoms with Gasteiger partial charge in [-0.25, -0.2) is 4.98 Å². The molecule has 0 aliphatic heterocycles. The Morgan fingerprint density at radius 2 is 2.33 bits per heavy atom. The highest BCUT2D eigenvalue weighted by Crippen LogP contribution is 2.15. The number of aromatic nitrogens is 3. The van der Waals surface area contributed by atoms with Crippen LogP contribution in [0.5, 0.6) is 0 Å². The van der Waals surface area contributed by atoms with Crippen molar-refractivity contribution in [1.29, 1.82) is 0 Å². The Labute approximate surface area is 110 Å². The fraction of sp³-hybridized carbons (Fsp3) is 0.250. The first kappa shape index (κ1) is 12.6. The normalized spacial score (nSPS) is 10.3. The van der Waals surface area contributed by atoms with Gasteiger partial charge in [-0.05, 0) is 19.1 Å². The predicted octanol–water partition coefficient (Wildman–Crippen LogP) is 1.85. The Hall–Kier alpha value is -1.82. The van der Waals surface area contributed by atoms with E-state index in [1.807, 2.05) is 31.2 Å². The number of anilines is 1. The van der Waals surface area contributed by atoms with Gasteiger partial charge in [0.15, 0.2) is 0 Å². The summed E-state index contributed by atoms with van der Waals surface area (Å²) in [6.07, 6.45) is 1.71. The molecule has 6 heteroatoms. The summed E-state index contributed by atoms with van der Waals surface area (Å²) in [5, 5.41) is 7.82. The number of carbonyl (C=O) groups excluding carboxylic acids is 1. The van der Waals surface area contributed by atoms with E-state index in [4.69, 9.17) is 0 Å². The van der Waals surface area contributed by atoms with Crippen LogP contribution in [0.3, 0.4) is 0 Å². The fourth-order valence-corrected chi connectivity index (χ4v) is 2.14. The van der Waals surface area contributed by atoms with E-state index in [0.29, 0.717) is 11.6 Å². The molecule has 0 fully saturated rings. The van der Waals surface area contributed by atoms with Crippen LogP contribution >= 0.6 is 11.8 Å². The lowest BCUT2D eigenvalue weighted by Gasteiger charge is -2.04. The van der Waals surface area contributed by atoms with Gasteiger partial charge in [0.25, 0.3) is 0 Å². The molecule has 0 saturated carbocycles. The van der Waals surface area contributed by atoms with Gasteiger partial charge in [0, 0.05) is 19.3 Å². The number of nitrogens with zero attached hydrogens (tertiary/aromatic N) is 3. The van der Waals surface area contributed by atoms with Gasteiger partial charge in [0.05, 0.1) is 16.5 Å². The summed E-state index contributed by atoms with van der Waals surface area (Å²) in [5.74, 6) is 0.981. The summed E-state index contributed by atoms with van der Waals surface area (Å²) in [7, 11) is 1.80. The van der Waals surface area contributed by atoms with E-state index in [1.165, 1.54) is 11.8 Å². The number of amides is 1. The average molecular weight is 262 g/mol. The van der Waals surface area contributed by atoms with Gasteiger partial charge < -0.3 is 5.32 Å². The second-order valence-corrected chi connectivity index (χ2v) is 4.80. The van der Waals surface area contributed by atoms with Gasteiger partial charge in [-0.1, -0.05) is 17.8 Å². The van der Waals surface area contributed by atoms with E-state index in [1.54, 1.807) is 17.9 Å². The number of nitrogens with one attached hydrogen (secondary N) is 1. The smallest absolute Gasteiger partial charge is 0.235 e. The van der Waals surface area contributed by atoms with Crippen molar-refractivity contribution in [1.82, 2.24) is 14.8 Å². The van der Waals surface area contributed by atoms with Gasteiger partial charge in [-0.15, -0.1) is 0 Å². The SMILES string of the molecule is Cc1cc(NC(=O)CSc2ccccn2)n(C)n1. The molecule has 0 radical (unpaired) electrons. The minimum Gasteiger partial charge on any atom is -0.310 e. The first-order valence-electron chi connectivity index (χ1n) is 5.49. The van der Waals surface area contributed by atoms with Crippen LogP contribution in [0.4, 0.5) is 5.82 Å². The summed E-state index contributed by atoms with van der Waals surface area (Å²) >= 11 is 1.41. The topological polar surface area (TPSA) is 59.8 Å². The molecule has 0 bridgehead atoms. The molecule has 5 nitrogen and oxygen atoms in total. The van der Waals surface area contributed by atoms with E-state index in [2.05, 4.69) is 15.4 Å². The number of carbonyl (C=O) groups is 1. The number of rotatable bonds is 4. The fourth-order valence-electron chi connectivity index (χ4n) is 1.48. The average Bonchev–Trinajstić information content (AvgIpc) is 2.67. The highest BCUT2D eigenvalue weighted by Gasteiger charge is 2.07. The second kappa shape index (κ2) is 5.68. The van der Waals surface area contributed by atoms with Crippen LogP contribution in [0, 0.1) is 6.92 Å². The number of aryl methyl sites for hydroxylation is 2. The van der Waals surface area contributed by atoms with Gasteiger partial charge >= 0.3 is 0 Å². The van der Waals surface area contributed by atoms with Gasteiger partial charge in [0.2, 0.25) is 5.91 Å². The van der Waals surface area contributed by atoms with Crippen LogP contribution in [0.2, 0.25) is 0 Å². The molecule has 2 aromatic heterocycles. The molecular weight excluding hydrogens is 248 g/mol. The van der Waals surface area contributed by atoms with E-state index in [-0.39, 0.29) is 5.91 Å². The van der Waals surface area contributed by atoms with Crippen molar-refractivity contribution in [2.45, 2.75) is 11.9 Å². The first-order chi connectivity index (χ1) is 8.65. The van der Waals surface area contributed by atoms with E-state index in [0.717, 1.165) is 10.7 Å². The van der Waals surface area contributed by atoms with E-state index < -0.39 is 0 Å². The molecule has 94 valence electrons. The van der Waals surface area contributed by atoms with Crippen LogP contribution in [0.15, 0.2) is 35.5 Å². The van der Waals surface area contributed by atoms with Crippen LogP contribution in [0.1, 0.15) is 5.69 Å². The van der Waals surface area contributed by atoms with Crippen molar-refractivity contribution in [3.63, 3.8) is 0 Å². The summed E-state index contributed by atoms with van der Waals surface area (Å²) in [6.45, 7) is 1.89. The van der Waals surface area contributed by atoms with Crippen LogP contribution in [0.25, 0.3) is 0 Å². The summed E-state index contributed by atoms with van der Waals surface area (Å²) in [5.41, 5.74) is 0.880. The molecular formula is C12H14N4OS. The molecule has 1 amide bonds. The summed E-state index contributed by atoms with van der Waals surface area (Å²) < 4.78 is 1.65. The molecule has 2 rings (SSSR count). The van der Waals surface area contributed by atoms with Crippen LogP contribution < -0.4 is 5.32 Å². The molecule has 0 saturated heterocycles. The molecule has 0 atom stereocenters. The Bertz CT molecular complexity index is 538. The van der Waals surface area contributed by atoms with Gasteiger partial charge in [0.1, 0.15) is 5.82 Å². The largest absolute Gasteiger partial charge is 0.310 e. The van der Waals surface area contributed by atoms with E-state index >= 15 is 0 Å². The van der Waals surface area contributed by atoms with E-state index in [9.17, 15) is 4.79 Å². The molecule has 0 aromatic carbocycles. The zero-order chi connectivity index (χ0) is 13.0. The van der Waals surface area contributed by atoms with Gasteiger partial charge in [-0.2, -0.15) is 5.10 Å². The maximum atomic E-state index is 11.7. The minimum atomic E-state index is -0.0614. The molecule has 0 unspecified atom stereocenters. The lowest BCUT2D eigenvalue weighted by molar-refractivity contribution is -0.113. The number of hydrogen-bond donors (Lipinski definition) is 1. The maximum absolute atomic E-state index is 11.7. The van der Waals surface area contributed by atoms with Crippen molar-refractivity contribution in [2.24, 2.45) is 7.05 Å². The zero-order valence-corrected chi connectivity index (χ0v) is 11.1. The maximum Gasteiger partial charge on any atom is 0.235 e. The Morgan fingerprint density at radius 1 is 1.50 bits per heavy atom.